The van der Waals surface area contributed by atoms with E-state index in [0.717, 1.165) is 12.8 Å². The summed E-state index contributed by atoms with van der Waals surface area (Å²) in [6.07, 6.45) is 0.812. The Morgan fingerprint density at radius 3 is 2.85 bits per heavy atom. The van der Waals surface area contributed by atoms with Gasteiger partial charge in [-0.1, -0.05) is 17.7 Å². The SMILES string of the molecule is CC(C)(C)OC(=O)N1CCC[C@@H]([C@@H](OCC#N)c2ccc(F)c(Cl)c2)C1. The number of ether oxygens (including phenoxy) is 2. The highest BCUT2D eigenvalue weighted by atomic mass is 35.5. The van der Waals surface area contributed by atoms with E-state index in [-0.39, 0.29) is 23.6 Å². The number of rotatable bonds is 4. The molecule has 1 saturated heterocycles. The molecule has 0 unspecified atom stereocenters. The van der Waals surface area contributed by atoms with Gasteiger partial charge in [-0.05, 0) is 51.3 Å². The number of benzene rings is 1. The quantitative estimate of drug-likeness (QED) is 0.756. The van der Waals surface area contributed by atoms with Crippen LogP contribution in [0.2, 0.25) is 5.02 Å². The van der Waals surface area contributed by atoms with Crippen LogP contribution in [-0.2, 0) is 9.47 Å². The number of hydrogen-bond acceptors (Lipinski definition) is 4. The fraction of sp³-hybridized carbons (Fsp3) is 0.579. The molecule has 2 rings (SSSR count). The molecule has 0 N–H and O–H groups in total. The van der Waals surface area contributed by atoms with Gasteiger partial charge in [-0.25, -0.2) is 9.18 Å². The Morgan fingerprint density at radius 2 is 2.23 bits per heavy atom. The number of hydrogen-bond donors (Lipinski definition) is 0. The summed E-state index contributed by atoms with van der Waals surface area (Å²) in [5, 5.41) is 8.89. The molecule has 1 fully saturated rings. The van der Waals surface area contributed by atoms with E-state index in [4.69, 9.17) is 26.3 Å². The minimum Gasteiger partial charge on any atom is -0.444 e. The molecule has 0 aromatic heterocycles. The molecule has 0 saturated carbocycles. The Morgan fingerprint density at radius 1 is 1.50 bits per heavy atom. The Kier molecular flexibility index (Phi) is 6.85. The summed E-state index contributed by atoms with van der Waals surface area (Å²) in [4.78, 5) is 14.0. The number of carbonyl (C=O) groups is 1. The Balaban J connectivity index is 2.17. The van der Waals surface area contributed by atoms with Crippen molar-refractivity contribution < 1.29 is 18.7 Å². The van der Waals surface area contributed by atoms with Crippen molar-refractivity contribution in [3.05, 3.63) is 34.6 Å². The number of nitriles is 1. The Hall–Kier alpha value is -1.84. The molecule has 1 aliphatic rings. The van der Waals surface area contributed by atoms with E-state index >= 15 is 0 Å². The third kappa shape index (κ3) is 5.58. The second kappa shape index (κ2) is 8.70. The maximum atomic E-state index is 13.5. The Bertz CT molecular complexity index is 684. The summed E-state index contributed by atoms with van der Waals surface area (Å²) in [5.74, 6) is -0.542. The predicted molar refractivity (Wildman–Crippen MR) is 96.2 cm³/mol. The zero-order chi connectivity index (χ0) is 19.3. The van der Waals surface area contributed by atoms with Gasteiger partial charge < -0.3 is 14.4 Å². The van der Waals surface area contributed by atoms with Gasteiger partial charge in [-0.3, -0.25) is 0 Å². The van der Waals surface area contributed by atoms with E-state index in [1.165, 1.54) is 12.1 Å². The van der Waals surface area contributed by atoms with Crippen LogP contribution in [0.3, 0.4) is 0 Å². The normalized spacial score (nSPS) is 18.9. The predicted octanol–water partition coefficient (Wildman–Crippen LogP) is 4.71. The van der Waals surface area contributed by atoms with Gasteiger partial charge in [0.15, 0.2) is 0 Å². The summed E-state index contributed by atoms with van der Waals surface area (Å²) in [7, 11) is 0. The van der Waals surface area contributed by atoms with Crippen LogP contribution in [0.4, 0.5) is 9.18 Å². The van der Waals surface area contributed by atoms with Crippen LogP contribution in [0, 0.1) is 23.1 Å². The molecule has 142 valence electrons. The summed E-state index contributed by atoms with van der Waals surface area (Å²) >= 11 is 5.90. The van der Waals surface area contributed by atoms with E-state index in [0.29, 0.717) is 18.7 Å². The number of halogens is 2. The zero-order valence-corrected chi connectivity index (χ0v) is 16.1. The van der Waals surface area contributed by atoms with Crippen LogP contribution < -0.4 is 0 Å². The van der Waals surface area contributed by atoms with Crippen molar-refractivity contribution in [3.63, 3.8) is 0 Å². The van der Waals surface area contributed by atoms with Gasteiger partial charge >= 0.3 is 6.09 Å². The molecule has 0 aliphatic carbocycles. The van der Waals surface area contributed by atoms with Crippen LogP contribution in [0.5, 0.6) is 0 Å². The summed E-state index contributed by atoms with van der Waals surface area (Å²) in [6.45, 7) is 6.44. The van der Waals surface area contributed by atoms with Crippen molar-refractivity contribution in [2.24, 2.45) is 5.92 Å². The molecule has 26 heavy (non-hydrogen) atoms. The standard InChI is InChI=1S/C19H24ClFN2O3/c1-19(2,3)26-18(24)23-9-4-5-14(12-23)17(25-10-8-22)13-6-7-16(21)15(20)11-13/h6-7,11,14,17H,4-5,9-10,12H2,1-3H3/t14-,17+/m1/s1. The average Bonchev–Trinajstić information content (AvgIpc) is 2.57. The van der Waals surface area contributed by atoms with Gasteiger partial charge in [0.25, 0.3) is 0 Å². The molecule has 1 aliphatic heterocycles. The second-order valence-corrected chi connectivity index (χ2v) is 7.80. The first kappa shape index (κ1) is 20.5. The lowest BCUT2D eigenvalue weighted by Gasteiger charge is -2.37. The molecule has 1 amide bonds. The van der Waals surface area contributed by atoms with Gasteiger partial charge in [0.2, 0.25) is 0 Å². The molecule has 5 nitrogen and oxygen atoms in total. The van der Waals surface area contributed by atoms with Crippen LogP contribution in [0.1, 0.15) is 45.3 Å². The number of amides is 1. The van der Waals surface area contributed by atoms with E-state index in [1.54, 1.807) is 11.0 Å². The van der Waals surface area contributed by atoms with Crippen molar-refractivity contribution in [1.29, 1.82) is 5.26 Å². The van der Waals surface area contributed by atoms with Gasteiger partial charge in [0, 0.05) is 19.0 Å². The lowest BCUT2D eigenvalue weighted by molar-refractivity contribution is -0.0165. The molecule has 0 spiro atoms. The van der Waals surface area contributed by atoms with Crippen LogP contribution in [-0.4, -0.2) is 36.3 Å². The van der Waals surface area contributed by atoms with Crippen molar-refractivity contribution in [2.75, 3.05) is 19.7 Å². The first-order chi connectivity index (χ1) is 12.2. The van der Waals surface area contributed by atoms with Crippen LogP contribution in [0.15, 0.2) is 18.2 Å². The number of nitrogens with zero attached hydrogens (tertiary/aromatic N) is 2. The molecule has 0 bridgehead atoms. The maximum absolute atomic E-state index is 13.5. The van der Waals surface area contributed by atoms with Gasteiger partial charge in [0.1, 0.15) is 18.0 Å². The molecular weight excluding hydrogens is 359 g/mol. The van der Waals surface area contributed by atoms with Crippen molar-refractivity contribution in [1.82, 2.24) is 4.90 Å². The first-order valence-electron chi connectivity index (χ1n) is 8.62. The first-order valence-corrected chi connectivity index (χ1v) is 9.00. The van der Waals surface area contributed by atoms with E-state index in [2.05, 4.69) is 0 Å². The molecule has 1 aromatic carbocycles. The third-order valence-electron chi connectivity index (χ3n) is 4.14. The van der Waals surface area contributed by atoms with E-state index < -0.39 is 17.5 Å². The summed E-state index contributed by atoms with van der Waals surface area (Å²) in [5.41, 5.74) is 0.133. The van der Waals surface area contributed by atoms with E-state index in [1.807, 2.05) is 26.8 Å². The molecule has 0 radical (unpaired) electrons. The van der Waals surface area contributed by atoms with Crippen LogP contribution >= 0.6 is 11.6 Å². The lowest BCUT2D eigenvalue weighted by atomic mass is 9.88. The fourth-order valence-corrected chi connectivity index (χ4v) is 3.26. The largest absolute Gasteiger partial charge is 0.444 e. The van der Waals surface area contributed by atoms with E-state index in [9.17, 15) is 9.18 Å². The third-order valence-corrected chi connectivity index (χ3v) is 4.43. The van der Waals surface area contributed by atoms with Crippen molar-refractivity contribution in [2.45, 2.75) is 45.3 Å². The highest BCUT2D eigenvalue weighted by molar-refractivity contribution is 6.30. The minimum atomic E-state index is -0.564. The van der Waals surface area contributed by atoms with Gasteiger partial charge in [0.05, 0.1) is 17.2 Å². The fourth-order valence-electron chi connectivity index (χ4n) is 3.07. The second-order valence-electron chi connectivity index (χ2n) is 7.39. The molecule has 1 heterocycles. The summed E-state index contributed by atoms with van der Waals surface area (Å²) in [6, 6.07) is 6.38. The topological polar surface area (TPSA) is 62.6 Å². The van der Waals surface area contributed by atoms with Crippen molar-refractivity contribution >= 4 is 17.7 Å². The maximum Gasteiger partial charge on any atom is 0.410 e. The highest BCUT2D eigenvalue weighted by Crippen LogP contribution is 2.34. The van der Waals surface area contributed by atoms with Crippen LogP contribution in [0.25, 0.3) is 0 Å². The monoisotopic (exact) mass is 382 g/mol. The Labute approximate surface area is 158 Å². The minimum absolute atomic E-state index is 0.00728. The molecule has 2 atom stereocenters. The highest BCUT2D eigenvalue weighted by Gasteiger charge is 2.33. The molecule has 7 heteroatoms. The number of carbonyl (C=O) groups excluding carboxylic acids is 1. The smallest absolute Gasteiger partial charge is 0.410 e. The number of likely N-dealkylation sites (tertiary alicyclic amines) is 1. The average molecular weight is 383 g/mol. The zero-order valence-electron chi connectivity index (χ0n) is 15.3. The van der Waals surface area contributed by atoms with Gasteiger partial charge in [-0.2, -0.15) is 5.26 Å². The summed E-state index contributed by atoms with van der Waals surface area (Å²) < 4.78 is 24.7. The number of piperidine rings is 1. The van der Waals surface area contributed by atoms with Crippen molar-refractivity contribution in [3.8, 4) is 6.07 Å². The molecular formula is C19H24ClFN2O3. The van der Waals surface area contributed by atoms with Gasteiger partial charge in [-0.15, -0.1) is 0 Å². The lowest BCUT2D eigenvalue weighted by Crippen LogP contribution is -2.44. The molecule has 1 aromatic rings.